The molecule has 0 fully saturated rings. The summed E-state index contributed by atoms with van der Waals surface area (Å²) in [5.74, 6) is 0.103. The van der Waals surface area contributed by atoms with Crippen molar-refractivity contribution in [2.24, 2.45) is 0 Å². The van der Waals surface area contributed by atoms with E-state index in [9.17, 15) is 20.4 Å². The van der Waals surface area contributed by atoms with Gasteiger partial charge in [0, 0.05) is 12.1 Å². The van der Waals surface area contributed by atoms with Crippen molar-refractivity contribution >= 4 is 0 Å². The molecule has 0 saturated heterocycles. The lowest BCUT2D eigenvalue weighted by atomic mass is 9.99. The fourth-order valence-electron chi connectivity index (χ4n) is 2.21. The molecule has 112 valence electrons. The SMILES string of the molecule is COc1cc(O)cc(O)c1[C@H](O)CCc1ccc(O)cc1. The molecule has 0 aliphatic heterocycles. The van der Waals surface area contributed by atoms with E-state index in [2.05, 4.69) is 0 Å². The number of aliphatic hydroxyl groups is 1. The van der Waals surface area contributed by atoms with Gasteiger partial charge in [-0.2, -0.15) is 0 Å². The van der Waals surface area contributed by atoms with Gasteiger partial charge in [-0.05, 0) is 30.5 Å². The first-order valence-corrected chi connectivity index (χ1v) is 6.57. The number of methoxy groups -OCH3 is 1. The molecule has 0 unspecified atom stereocenters. The summed E-state index contributed by atoms with van der Waals surface area (Å²) in [7, 11) is 1.41. The van der Waals surface area contributed by atoms with Crippen LogP contribution in [0.1, 0.15) is 23.7 Å². The fourth-order valence-corrected chi connectivity index (χ4v) is 2.21. The molecule has 0 radical (unpaired) electrons. The minimum Gasteiger partial charge on any atom is -0.508 e. The molecule has 0 spiro atoms. The summed E-state index contributed by atoms with van der Waals surface area (Å²) in [5, 5.41) is 38.8. The maximum Gasteiger partial charge on any atom is 0.132 e. The van der Waals surface area contributed by atoms with Crippen molar-refractivity contribution in [3.05, 3.63) is 47.5 Å². The Kier molecular flexibility index (Phi) is 4.55. The predicted octanol–water partition coefficient (Wildman–Crippen LogP) is 2.48. The highest BCUT2D eigenvalue weighted by atomic mass is 16.5. The first kappa shape index (κ1) is 15.0. The van der Waals surface area contributed by atoms with Gasteiger partial charge in [0.1, 0.15) is 23.0 Å². The van der Waals surface area contributed by atoms with E-state index in [0.29, 0.717) is 12.8 Å². The molecule has 2 aromatic rings. The van der Waals surface area contributed by atoms with Gasteiger partial charge in [-0.3, -0.25) is 0 Å². The van der Waals surface area contributed by atoms with E-state index >= 15 is 0 Å². The number of benzene rings is 2. The Labute approximate surface area is 122 Å². The molecule has 2 rings (SSSR count). The summed E-state index contributed by atoms with van der Waals surface area (Å²) in [6, 6.07) is 9.23. The number of hydrogen-bond acceptors (Lipinski definition) is 5. The number of aryl methyl sites for hydroxylation is 1. The summed E-state index contributed by atoms with van der Waals surface area (Å²) in [6.07, 6.45) is 0.0269. The summed E-state index contributed by atoms with van der Waals surface area (Å²) >= 11 is 0. The third-order valence-electron chi connectivity index (χ3n) is 3.30. The standard InChI is InChI=1S/C16H18O5/c1-21-15-9-12(18)8-14(20)16(15)13(19)7-4-10-2-5-11(17)6-3-10/h2-3,5-6,8-9,13,17-20H,4,7H2,1H3/t13-/m1/s1. The highest BCUT2D eigenvalue weighted by Gasteiger charge is 2.19. The minimum atomic E-state index is -0.922. The summed E-state index contributed by atoms with van der Waals surface area (Å²) < 4.78 is 5.08. The Balaban J connectivity index is 2.13. The Morgan fingerprint density at radius 3 is 2.29 bits per heavy atom. The topological polar surface area (TPSA) is 90.2 Å². The van der Waals surface area contributed by atoms with Crippen molar-refractivity contribution in [2.75, 3.05) is 7.11 Å². The number of aliphatic hydroxyl groups excluding tert-OH is 1. The third-order valence-corrected chi connectivity index (χ3v) is 3.30. The number of ether oxygens (including phenoxy) is 1. The van der Waals surface area contributed by atoms with Crippen LogP contribution in [0.15, 0.2) is 36.4 Å². The van der Waals surface area contributed by atoms with Crippen LogP contribution in [-0.4, -0.2) is 27.5 Å². The zero-order valence-corrected chi connectivity index (χ0v) is 11.7. The second-order valence-electron chi connectivity index (χ2n) is 4.80. The van der Waals surface area contributed by atoms with Crippen LogP contribution in [0.3, 0.4) is 0 Å². The van der Waals surface area contributed by atoms with E-state index in [0.717, 1.165) is 5.56 Å². The molecule has 5 nitrogen and oxygen atoms in total. The number of hydrogen-bond donors (Lipinski definition) is 4. The van der Waals surface area contributed by atoms with Gasteiger partial charge in [0.2, 0.25) is 0 Å². The molecule has 0 saturated carbocycles. The van der Waals surface area contributed by atoms with Crippen LogP contribution in [0.5, 0.6) is 23.0 Å². The summed E-state index contributed by atoms with van der Waals surface area (Å²) in [4.78, 5) is 0. The van der Waals surface area contributed by atoms with Crippen LogP contribution in [-0.2, 0) is 6.42 Å². The van der Waals surface area contributed by atoms with Gasteiger partial charge < -0.3 is 25.2 Å². The second-order valence-corrected chi connectivity index (χ2v) is 4.80. The van der Waals surface area contributed by atoms with Gasteiger partial charge in [0.25, 0.3) is 0 Å². The predicted molar refractivity (Wildman–Crippen MR) is 77.7 cm³/mol. The molecular formula is C16H18O5. The first-order chi connectivity index (χ1) is 10.0. The van der Waals surface area contributed by atoms with E-state index in [1.165, 1.54) is 19.2 Å². The van der Waals surface area contributed by atoms with Gasteiger partial charge in [0.05, 0.1) is 18.8 Å². The molecule has 4 N–H and O–H groups in total. The van der Waals surface area contributed by atoms with Crippen LogP contribution >= 0.6 is 0 Å². The summed E-state index contributed by atoms with van der Waals surface area (Å²) in [5.41, 5.74) is 1.22. The van der Waals surface area contributed by atoms with E-state index in [1.807, 2.05) is 0 Å². The zero-order chi connectivity index (χ0) is 15.4. The van der Waals surface area contributed by atoms with E-state index in [-0.39, 0.29) is 28.6 Å². The van der Waals surface area contributed by atoms with Crippen LogP contribution < -0.4 is 4.74 Å². The van der Waals surface area contributed by atoms with Crippen LogP contribution in [0.25, 0.3) is 0 Å². The minimum absolute atomic E-state index is 0.126. The van der Waals surface area contributed by atoms with Gasteiger partial charge >= 0.3 is 0 Å². The molecule has 0 aromatic heterocycles. The molecule has 0 bridgehead atoms. The molecular weight excluding hydrogens is 272 g/mol. The van der Waals surface area contributed by atoms with E-state index in [4.69, 9.17) is 4.74 Å². The Morgan fingerprint density at radius 1 is 1.00 bits per heavy atom. The van der Waals surface area contributed by atoms with Gasteiger partial charge in [0.15, 0.2) is 0 Å². The van der Waals surface area contributed by atoms with Gasteiger partial charge in [-0.1, -0.05) is 12.1 Å². The van der Waals surface area contributed by atoms with E-state index < -0.39 is 6.10 Å². The maximum absolute atomic E-state index is 10.2. The first-order valence-electron chi connectivity index (χ1n) is 6.57. The van der Waals surface area contributed by atoms with Crippen LogP contribution in [0.4, 0.5) is 0 Å². The molecule has 0 heterocycles. The molecule has 1 atom stereocenters. The number of phenolic OH excluding ortho intramolecular Hbond substituents is 3. The smallest absolute Gasteiger partial charge is 0.132 e. The molecule has 0 amide bonds. The van der Waals surface area contributed by atoms with Crippen molar-refractivity contribution < 1.29 is 25.2 Å². The average Bonchev–Trinajstić information content (AvgIpc) is 2.45. The maximum atomic E-state index is 10.2. The van der Waals surface area contributed by atoms with E-state index in [1.54, 1.807) is 24.3 Å². The lowest BCUT2D eigenvalue weighted by Crippen LogP contribution is -2.03. The van der Waals surface area contributed by atoms with Crippen molar-refractivity contribution in [2.45, 2.75) is 18.9 Å². The highest BCUT2D eigenvalue weighted by Crippen LogP contribution is 2.38. The molecule has 2 aromatic carbocycles. The largest absolute Gasteiger partial charge is 0.508 e. The molecule has 0 aliphatic rings. The van der Waals surface area contributed by atoms with Crippen molar-refractivity contribution in [3.8, 4) is 23.0 Å². The lowest BCUT2D eigenvalue weighted by Gasteiger charge is -2.16. The Morgan fingerprint density at radius 2 is 1.67 bits per heavy atom. The number of phenols is 3. The molecule has 21 heavy (non-hydrogen) atoms. The lowest BCUT2D eigenvalue weighted by molar-refractivity contribution is 0.159. The van der Waals surface area contributed by atoms with Crippen molar-refractivity contribution in [1.29, 1.82) is 0 Å². The normalized spacial score (nSPS) is 12.1. The van der Waals surface area contributed by atoms with Crippen LogP contribution in [0, 0.1) is 0 Å². The number of rotatable bonds is 5. The van der Waals surface area contributed by atoms with Gasteiger partial charge in [-0.25, -0.2) is 0 Å². The van der Waals surface area contributed by atoms with Crippen molar-refractivity contribution in [1.82, 2.24) is 0 Å². The molecule has 5 heteroatoms. The molecule has 0 aliphatic carbocycles. The second kappa shape index (κ2) is 6.37. The van der Waals surface area contributed by atoms with Crippen molar-refractivity contribution in [3.63, 3.8) is 0 Å². The van der Waals surface area contributed by atoms with Gasteiger partial charge in [-0.15, -0.1) is 0 Å². The number of aromatic hydroxyl groups is 3. The zero-order valence-electron chi connectivity index (χ0n) is 11.7. The Bertz CT molecular complexity index is 607. The fraction of sp³-hybridized carbons (Fsp3) is 0.250. The monoisotopic (exact) mass is 290 g/mol. The third kappa shape index (κ3) is 3.58. The quantitative estimate of drug-likeness (QED) is 0.679. The highest BCUT2D eigenvalue weighted by molar-refractivity contribution is 5.50. The average molecular weight is 290 g/mol. The Hall–Kier alpha value is -2.40. The summed E-state index contributed by atoms with van der Waals surface area (Å²) in [6.45, 7) is 0. The van der Waals surface area contributed by atoms with Crippen LogP contribution in [0.2, 0.25) is 0 Å².